The summed E-state index contributed by atoms with van der Waals surface area (Å²) in [6.45, 7) is 2.89. The molecule has 0 bridgehead atoms. The zero-order valence-corrected chi connectivity index (χ0v) is 11.6. The number of para-hydroxylation sites is 1. The molecule has 1 aliphatic rings. The van der Waals surface area contributed by atoms with Gasteiger partial charge in [-0.15, -0.1) is 23.2 Å². The molecule has 0 saturated carbocycles. The molecule has 4 heteroatoms. The maximum atomic E-state index is 5.73. The molecule has 3 rings (SSSR count). The average molecular weight is 326 g/mol. The van der Waals surface area contributed by atoms with Crippen molar-refractivity contribution in [1.29, 1.82) is 0 Å². The molecule has 1 heterocycles. The molecule has 1 aliphatic heterocycles. The van der Waals surface area contributed by atoms with E-state index >= 15 is 0 Å². The summed E-state index contributed by atoms with van der Waals surface area (Å²) in [5, 5.41) is 0. The van der Waals surface area contributed by atoms with Crippen molar-refractivity contribution >= 4 is 12.4 Å². The van der Waals surface area contributed by atoms with Gasteiger partial charge in [-0.1, -0.05) is 25.0 Å². The topological polar surface area (TPSA) is 18.5 Å². The quantitative estimate of drug-likeness (QED) is 0.624. The fraction of sp³-hybridized carbons (Fsp3) is 0.143. The van der Waals surface area contributed by atoms with Crippen molar-refractivity contribution in [2.45, 2.75) is 13.4 Å². The van der Waals surface area contributed by atoms with Crippen LogP contribution in [0.25, 0.3) is 0 Å². The fourth-order valence-corrected chi connectivity index (χ4v) is 2.01. The Labute approximate surface area is 120 Å². The predicted molar refractivity (Wildman–Crippen MR) is 67.8 cm³/mol. The maximum absolute atomic E-state index is 5.73. The number of hydrogen-bond donors (Lipinski definition) is 0. The monoisotopic (exact) mass is 326 g/mol. The maximum Gasteiger partial charge on any atom is 0.255 e. The molecule has 0 fully saturated rings. The van der Waals surface area contributed by atoms with Crippen molar-refractivity contribution in [2.24, 2.45) is 0 Å². The van der Waals surface area contributed by atoms with Gasteiger partial charge >= 0.3 is 0 Å². The number of rotatable bonds is 2. The van der Waals surface area contributed by atoms with Crippen molar-refractivity contribution in [2.75, 3.05) is 0 Å². The second-order valence-corrected chi connectivity index (χ2v) is 4.15. The van der Waals surface area contributed by atoms with Gasteiger partial charge in [-0.3, -0.25) is 0 Å². The zero-order chi connectivity index (χ0) is 11.7. The molecule has 93 valence electrons. The van der Waals surface area contributed by atoms with E-state index in [9.17, 15) is 0 Å². The summed E-state index contributed by atoms with van der Waals surface area (Å²) in [4.78, 5) is 0. The van der Waals surface area contributed by atoms with Crippen LogP contribution in [0.15, 0.2) is 42.5 Å². The van der Waals surface area contributed by atoms with Crippen LogP contribution in [-0.2, 0) is 30.7 Å². The summed E-state index contributed by atoms with van der Waals surface area (Å²) in [5.74, 6) is 1.57. The third-order valence-corrected chi connectivity index (χ3v) is 2.94. The van der Waals surface area contributed by atoms with Crippen molar-refractivity contribution in [3.8, 4) is 11.5 Å². The molecule has 18 heavy (non-hydrogen) atoms. The largest absolute Gasteiger partial charge is 0.483 e. The van der Waals surface area contributed by atoms with Gasteiger partial charge in [-0.05, 0) is 12.1 Å². The van der Waals surface area contributed by atoms with E-state index in [-0.39, 0.29) is 26.4 Å². The second kappa shape index (κ2) is 5.69. The van der Waals surface area contributed by atoms with Crippen LogP contribution in [0.4, 0.5) is 0 Å². The Balaban J connectivity index is 0.00000120. The van der Waals surface area contributed by atoms with Gasteiger partial charge in [-0.2, -0.15) is 6.07 Å². The SMILES string of the molecule is CB1OCc2cc(Oc3ccccc3)[c-]cc21.[Rh]. The summed E-state index contributed by atoms with van der Waals surface area (Å²) in [6, 6.07) is 16.8. The average Bonchev–Trinajstić information content (AvgIpc) is 2.72. The minimum atomic E-state index is 0. The Hall–Kier alpha value is -1.11. The van der Waals surface area contributed by atoms with E-state index in [0.29, 0.717) is 6.61 Å². The van der Waals surface area contributed by atoms with Gasteiger partial charge in [0, 0.05) is 31.8 Å². The molecule has 0 aliphatic carbocycles. The van der Waals surface area contributed by atoms with E-state index in [1.54, 1.807) is 0 Å². The van der Waals surface area contributed by atoms with Crippen LogP contribution < -0.4 is 10.2 Å². The van der Waals surface area contributed by atoms with E-state index < -0.39 is 0 Å². The molecule has 2 aromatic rings. The number of fused-ring (bicyclic) bond motifs is 1. The minimum absolute atomic E-state index is 0. The van der Waals surface area contributed by atoms with E-state index in [1.165, 1.54) is 11.0 Å². The van der Waals surface area contributed by atoms with E-state index in [1.807, 2.05) is 42.5 Å². The predicted octanol–water partition coefficient (Wildman–Crippen LogP) is 2.64. The molecular formula is C14H12BO2Rh-. The molecule has 0 spiro atoms. The van der Waals surface area contributed by atoms with Gasteiger partial charge in [0.05, 0.1) is 0 Å². The number of benzene rings is 2. The minimum Gasteiger partial charge on any atom is -0.483 e. The third-order valence-electron chi connectivity index (χ3n) is 2.94. The molecule has 0 aromatic heterocycles. The third kappa shape index (κ3) is 2.65. The van der Waals surface area contributed by atoms with Gasteiger partial charge in [0.1, 0.15) is 5.75 Å². The van der Waals surface area contributed by atoms with Crippen LogP contribution >= 0.6 is 0 Å². The van der Waals surface area contributed by atoms with E-state index in [4.69, 9.17) is 9.39 Å². The second-order valence-electron chi connectivity index (χ2n) is 4.15. The first kappa shape index (κ1) is 13.3. The van der Waals surface area contributed by atoms with Crippen molar-refractivity contribution in [3.63, 3.8) is 0 Å². The van der Waals surface area contributed by atoms with Gasteiger partial charge < -0.3 is 9.39 Å². The van der Waals surface area contributed by atoms with Crippen LogP contribution in [0.5, 0.6) is 11.5 Å². The van der Waals surface area contributed by atoms with Crippen LogP contribution in [0.3, 0.4) is 0 Å². The molecular weight excluding hydrogens is 314 g/mol. The molecule has 0 amide bonds. The molecule has 2 nitrogen and oxygen atoms in total. The molecule has 0 saturated heterocycles. The summed E-state index contributed by atoms with van der Waals surface area (Å²) >= 11 is 0. The van der Waals surface area contributed by atoms with Crippen molar-refractivity contribution < 1.29 is 28.9 Å². The van der Waals surface area contributed by atoms with Gasteiger partial charge in [0.25, 0.3) is 6.92 Å². The summed E-state index contributed by atoms with van der Waals surface area (Å²) in [5.41, 5.74) is 2.41. The Morgan fingerprint density at radius 3 is 2.83 bits per heavy atom. The Bertz CT molecular complexity index is 531. The first-order chi connectivity index (χ1) is 8.33. The molecule has 0 unspecified atom stereocenters. The first-order valence-corrected chi connectivity index (χ1v) is 5.72. The van der Waals surface area contributed by atoms with E-state index in [2.05, 4.69) is 12.9 Å². The van der Waals surface area contributed by atoms with Gasteiger partial charge in [0.15, 0.2) is 0 Å². The van der Waals surface area contributed by atoms with Crippen LogP contribution in [0.2, 0.25) is 6.82 Å². The van der Waals surface area contributed by atoms with Crippen molar-refractivity contribution in [3.05, 3.63) is 54.1 Å². The molecule has 0 N–H and O–H groups in total. The van der Waals surface area contributed by atoms with Crippen LogP contribution in [-0.4, -0.2) is 6.92 Å². The fourth-order valence-electron chi connectivity index (χ4n) is 2.01. The standard InChI is InChI=1S/C14H12BO2.Rh/c1-15-14-8-7-13(9-11(14)10-16-15)17-12-5-3-2-4-6-12;/h2-6,8-9H,10H2,1H3;/q-1;. The molecule has 0 atom stereocenters. The molecule has 1 radical (unpaired) electrons. The van der Waals surface area contributed by atoms with Crippen LogP contribution in [0, 0.1) is 6.07 Å². The number of hydrogen-bond acceptors (Lipinski definition) is 2. The van der Waals surface area contributed by atoms with Gasteiger partial charge in [0.2, 0.25) is 0 Å². The first-order valence-electron chi connectivity index (χ1n) is 5.72. The summed E-state index contributed by atoms with van der Waals surface area (Å²) in [6.07, 6.45) is 0. The van der Waals surface area contributed by atoms with Gasteiger partial charge in [-0.25, -0.2) is 0 Å². The zero-order valence-electron chi connectivity index (χ0n) is 9.98. The Morgan fingerprint density at radius 1 is 1.28 bits per heavy atom. The van der Waals surface area contributed by atoms with Crippen LogP contribution in [0.1, 0.15) is 5.56 Å². The Morgan fingerprint density at radius 2 is 2.06 bits per heavy atom. The summed E-state index contributed by atoms with van der Waals surface area (Å²) < 4.78 is 11.3. The van der Waals surface area contributed by atoms with E-state index in [0.717, 1.165) is 11.5 Å². The number of ether oxygens (including phenoxy) is 1. The smallest absolute Gasteiger partial charge is 0.255 e. The summed E-state index contributed by atoms with van der Waals surface area (Å²) in [7, 11) is 0. The van der Waals surface area contributed by atoms with Crippen molar-refractivity contribution in [1.82, 2.24) is 0 Å². The molecule has 2 aromatic carbocycles. The normalized spacial score (nSPS) is 12.8. The Kier molecular flexibility index (Phi) is 4.21.